The van der Waals surface area contributed by atoms with Crippen molar-refractivity contribution in [2.24, 2.45) is 5.92 Å². The molecule has 1 fully saturated rings. The smallest absolute Gasteiger partial charge is 0.456 e. The molecule has 4 rings (SSSR count). The number of hydrogen-bond acceptors (Lipinski definition) is 6. The normalized spacial score (nSPS) is 23.2. The van der Waals surface area contributed by atoms with Crippen LogP contribution in [0, 0.1) is 5.92 Å². The second-order valence-electron chi connectivity index (χ2n) is 8.78. The molecule has 1 aromatic heterocycles. The Balaban J connectivity index is 1.64. The Labute approximate surface area is 189 Å². The van der Waals surface area contributed by atoms with Crippen LogP contribution < -0.4 is 0 Å². The molecule has 3 heterocycles. The van der Waals surface area contributed by atoms with Crippen LogP contribution in [-0.4, -0.2) is 42.8 Å². The van der Waals surface area contributed by atoms with Gasteiger partial charge in [-0.3, -0.25) is 0 Å². The van der Waals surface area contributed by atoms with Crippen molar-refractivity contribution in [2.45, 2.75) is 51.0 Å². The first-order valence-corrected chi connectivity index (χ1v) is 12.7. The van der Waals surface area contributed by atoms with Crippen molar-refractivity contribution < 1.29 is 27.6 Å². The average molecular weight is 456 g/mol. The van der Waals surface area contributed by atoms with Gasteiger partial charge in [0.2, 0.25) is 0 Å². The van der Waals surface area contributed by atoms with E-state index in [0.29, 0.717) is 24.4 Å². The summed E-state index contributed by atoms with van der Waals surface area (Å²) >= 11 is 0. The van der Waals surface area contributed by atoms with Gasteiger partial charge in [-0.05, 0) is 59.3 Å². The summed E-state index contributed by atoms with van der Waals surface area (Å²) in [4.78, 5) is 0. The number of aliphatic hydroxyl groups is 1. The van der Waals surface area contributed by atoms with Gasteiger partial charge < -0.3 is 19.2 Å². The largest absolute Gasteiger partial charge is 0.459 e. The Morgan fingerprint density at radius 2 is 1.97 bits per heavy atom. The van der Waals surface area contributed by atoms with Gasteiger partial charge in [0.25, 0.3) is 0 Å². The van der Waals surface area contributed by atoms with Gasteiger partial charge >= 0.3 is 7.12 Å². The molecule has 0 radical (unpaired) electrons. The van der Waals surface area contributed by atoms with Crippen LogP contribution in [0.25, 0.3) is 11.6 Å². The highest BCUT2D eigenvalue weighted by Crippen LogP contribution is 2.42. The van der Waals surface area contributed by atoms with Crippen molar-refractivity contribution in [1.29, 1.82) is 0 Å². The van der Waals surface area contributed by atoms with Crippen molar-refractivity contribution in [1.82, 2.24) is 0 Å². The molecule has 0 aliphatic carbocycles. The SMILES string of the molecule is CC(C)C1=C2[C@@H](CC/C(=C/c3ccc(CO)o3)c3ccccc3)OB(O)C[C@@H]2S(=O)(=O)C1. The summed E-state index contributed by atoms with van der Waals surface area (Å²) in [7, 11) is -4.40. The first-order valence-electron chi connectivity index (χ1n) is 11.0. The van der Waals surface area contributed by atoms with Crippen molar-refractivity contribution in [3.63, 3.8) is 0 Å². The summed E-state index contributed by atoms with van der Waals surface area (Å²) in [6, 6.07) is 13.5. The van der Waals surface area contributed by atoms with Gasteiger partial charge in [-0.15, -0.1) is 0 Å². The maximum absolute atomic E-state index is 12.8. The maximum Gasteiger partial charge on any atom is 0.456 e. The molecule has 0 amide bonds. The zero-order valence-electron chi connectivity index (χ0n) is 18.4. The Kier molecular flexibility index (Phi) is 6.76. The lowest BCUT2D eigenvalue weighted by Crippen LogP contribution is -2.42. The first-order chi connectivity index (χ1) is 15.3. The molecule has 0 bridgehead atoms. The van der Waals surface area contributed by atoms with Gasteiger partial charge in [0, 0.05) is 6.32 Å². The zero-order chi connectivity index (χ0) is 22.9. The third-order valence-electron chi connectivity index (χ3n) is 6.26. The Hall–Kier alpha value is -2.13. The molecule has 0 spiro atoms. The van der Waals surface area contributed by atoms with E-state index in [1.165, 1.54) is 0 Å². The predicted octanol–water partition coefficient (Wildman–Crippen LogP) is 3.72. The molecule has 1 aromatic carbocycles. The van der Waals surface area contributed by atoms with Crippen LogP contribution >= 0.6 is 0 Å². The highest BCUT2D eigenvalue weighted by atomic mass is 32.2. The molecule has 2 aliphatic rings. The van der Waals surface area contributed by atoms with Gasteiger partial charge in [-0.25, -0.2) is 8.42 Å². The van der Waals surface area contributed by atoms with Crippen molar-refractivity contribution in [2.75, 3.05) is 5.75 Å². The molecule has 0 unspecified atom stereocenters. The fourth-order valence-electron chi connectivity index (χ4n) is 4.68. The summed E-state index contributed by atoms with van der Waals surface area (Å²) in [6.45, 7) is 3.85. The molecule has 8 heteroatoms. The van der Waals surface area contributed by atoms with E-state index in [2.05, 4.69) is 0 Å². The lowest BCUT2D eigenvalue weighted by atomic mass is 9.73. The van der Waals surface area contributed by atoms with E-state index < -0.39 is 28.3 Å². The number of furan rings is 1. The number of hydrogen-bond donors (Lipinski definition) is 2. The minimum Gasteiger partial charge on any atom is -0.459 e. The molecule has 2 aromatic rings. The molecular weight excluding hydrogens is 427 g/mol. The summed E-state index contributed by atoms with van der Waals surface area (Å²) in [5, 5.41) is 18.9. The minimum atomic E-state index is -3.31. The molecule has 170 valence electrons. The van der Waals surface area contributed by atoms with E-state index in [1.807, 2.05) is 56.3 Å². The molecule has 2 atom stereocenters. The molecule has 6 nitrogen and oxygen atoms in total. The van der Waals surface area contributed by atoms with E-state index in [0.717, 1.165) is 22.3 Å². The zero-order valence-corrected chi connectivity index (χ0v) is 19.2. The Bertz CT molecular complexity index is 1120. The van der Waals surface area contributed by atoms with Crippen molar-refractivity contribution in [3.8, 4) is 0 Å². The van der Waals surface area contributed by atoms with E-state index in [-0.39, 0.29) is 24.6 Å². The summed E-state index contributed by atoms with van der Waals surface area (Å²) in [6.07, 6.45) is 2.74. The maximum atomic E-state index is 12.8. The summed E-state index contributed by atoms with van der Waals surface area (Å²) in [5.74, 6) is 1.29. The summed E-state index contributed by atoms with van der Waals surface area (Å²) < 4.78 is 37.1. The topological polar surface area (TPSA) is 97.0 Å². The number of sulfone groups is 1. The fourth-order valence-corrected chi connectivity index (χ4v) is 6.96. The van der Waals surface area contributed by atoms with Crippen LogP contribution in [0.3, 0.4) is 0 Å². The quantitative estimate of drug-likeness (QED) is 0.487. The molecule has 0 saturated carbocycles. The third kappa shape index (κ3) is 4.78. The van der Waals surface area contributed by atoms with Gasteiger partial charge in [-0.1, -0.05) is 44.2 Å². The second kappa shape index (κ2) is 9.39. The van der Waals surface area contributed by atoms with E-state index in [1.54, 1.807) is 6.07 Å². The van der Waals surface area contributed by atoms with Crippen LogP contribution in [0.2, 0.25) is 6.32 Å². The molecule has 32 heavy (non-hydrogen) atoms. The van der Waals surface area contributed by atoms with E-state index in [4.69, 9.17) is 9.07 Å². The number of fused-ring (bicyclic) bond motifs is 1. The number of benzene rings is 1. The van der Waals surface area contributed by atoms with Gasteiger partial charge in [0.15, 0.2) is 9.84 Å². The van der Waals surface area contributed by atoms with Crippen molar-refractivity contribution >= 4 is 28.6 Å². The molecule has 2 N–H and O–H groups in total. The van der Waals surface area contributed by atoms with Crippen LogP contribution in [0.1, 0.15) is 43.8 Å². The van der Waals surface area contributed by atoms with Gasteiger partial charge in [0.05, 0.1) is 17.1 Å². The van der Waals surface area contributed by atoms with E-state index in [9.17, 15) is 18.5 Å². The molecular formula is C24H29BO6S. The molecule has 1 saturated heterocycles. The highest BCUT2D eigenvalue weighted by molar-refractivity contribution is 7.92. The first kappa shape index (κ1) is 23.0. The number of rotatable bonds is 7. The highest BCUT2D eigenvalue weighted by Gasteiger charge is 2.48. The molecule has 2 aliphatic heterocycles. The number of allylic oxidation sites excluding steroid dienone is 1. The number of aliphatic hydroxyl groups excluding tert-OH is 1. The Morgan fingerprint density at radius 1 is 1.22 bits per heavy atom. The second-order valence-corrected chi connectivity index (χ2v) is 11.0. The lowest BCUT2D eigenvalue weighted by Gasteiger charge is -2.32. The van der Waals surface area contributed by atoms with E-state index >= 15 is 0 Å². The van der Waals surface area contributed by atoms with Crippen molar-refractivity contribution in [3.05, 3.63) is 70.7 Å². The third-order valence-corrected chi connectivity index (χ3v) is 8.29. The monoisotopic (exact) mass is 456 g/mol. The summed E-state index contributed by atoms with van der Waals surface area (Å²) in [5.41, 5.74) is 3.81. The van der Waals surface area contributed by atoms with Crippen LogP contribution in [0.5, 0.6) is 0 Å². The predicted molar refractivity (Wildman–Crippen MR) is 125 cm³/mol. The fraction of sp³-hybridized carbons (Fsp3) is 0.417. The van der Waals surface area contributed by atoms with Crippen LogP contribution in [0.15, 0.2) is 58.0 Å². The van der Waals surface area contributed by atoms with Crippen LogP contribution in [0.4, 0.5) is 0 Å². The Morgan fingerprint density at radius 3 is 2.62 bits per heavy atom. The van der Waals surface area contributed by atoms with Gasteiger partial charge in [0.1, 0.15) is 18.1 Å². The lowest BCUT2D eigenvalue weighted by molar-refractivity contribution is 0.170. The standard InChI is InChI=1S/C24H29BO6S/c1-16(2)21-15-32(28,29)23-13-25(27)31-22(24(21)23)11-8-18(17-6-4-3-5-7-17)12-19-9-10-20(14-26)30-19/h3-7,9-10,12,16,22-23,26-27H,8,11,13-15H2,1-2H3/b18-12-/t22-,23+/m1/s1. The van der Waals surface area contributed by atoms with Gasteiger partial charge in [-0.2, -0.15) is 0 Å². The average Bonchev–Trinajstić information content (AvgIpc) is 3.33. The van der Waals surface area contributed by atoms with Crippen LogP contribution in [-0.2, 0) is 21.1 Å². The minimum absolute atomic E-state index is 0.0506.